The van der Waals surface area contributed by atoms with E-state index in [0.717, 1.165) is 27.8 Å². The second-order valence-electron chi connectivity index (χ2n) is 6.84. The Morgan fingerprint density at radius 3 is 2.58 bits per heavy atom. The Morgan fingerprint density at radius 1 is 1.12 bits per heavy atom. The number of hydrogen-bond acceptors (Lipinski definition) is 3. The predicted octanol–water partition coefficient (Wildman–Crippen LogP) is 4.62. The van der Waals surface area contributed by atoms with Gasteiger partial charge in [0.25, 0.3) is 0 Å². The minimum Gasteiger partial charge on any atom is -0.465 e. The SMILES string of the molecule is CCOC(=O)[C@H]1C(=O)C=C(c2cccc(C)c2)C[C@H]1c1ccccc1C. The number of hydrogen-bond donors (Lipinski definition) is 0. The monoisotopic (exact) mass is 348 g/mol. The highest BCUT2D eigenvalue weighted by Gasteiger charge is 2.40. The zero-order chi connectivity index (χ0) is 18.7. The summed E-state index contributed by atoms with van der Waals surface area (Å²) in [5.41, 5.74) is 5.30. The number of carbonyl (C=O) groups excluding carboxylic acids is 2. The largest absolute Gasteiger partial charge is 0.465 e. The summed E-state index contributed by atoms with van der Waals surface area (Å²) in [5, 5.41) is 0. The number of aryl methyl sites for hydroxylation is 2. The normalized spacial score (nSPS) is 19.8. The first-order valence-electron chi connectivity index (χ1n) is 9.05. The summed E-state index contributed by atoms with van der Waals surface area (Å²) in [6.45, 7) is 6.10. The molecule has 0 spiro atoms. The smallest absolute Gasteiger partial charge is 0.317 e. The van der Waals surface area contributed by atoms with Crippen LogP contribution >= 0.6 is 0 Å². The highest BCUT2D eigenvalue weighted by atomic mass is 16.5. The number of ether oxygens (including phenoxy) is 1. The molecular formula is C23H24O3. The molecule has 0 fully saturated rings. The van der Waals surface area contributed by atoms with Crippen LogP contribution in [0.15, 0.2) is 54.6 Å². The van der Waals surface area contributed by atoms with Crippen LogP contribution in [0.1, 0.15) is 41.5 Å². The summed E-state index contributed by atoms with van der Waals surface area (Å²) >= 11 is 0. The number of rotatable bonds is 4. The van der Waals surface area contributed by atoms with Crippen molar-refractivity contribution < 1.29 is 14.3 Å². The predicted molar refractivity (Wildman–Crippen MR) is 103 cm³/mol. The average Bonchev–Trinajstić information content (AvgIpc) is 2.61. The quantitative estimate of drug-likeness (QED) is 0.598. The van der Waals surface area contributed by atoms with Crippen LogP contribution < -0.4 is 0 Å². The van der Waals surface area contributed by atoms with Gasteiger partial charge in [0.2, 0.25) is 0 Å². The van der Waals surface area contributed by atoms with Crippen molar-refractivity contribution in [2.75, 3.05) is 6.61 Å². The Kier molecular flexibility index (Phi) is 5.36. The highest BCUT2D eigenvalue weighted by molar-refractivity contribution is 6.10. The molecule has 0 aliphatic heterocycles. The molecule has 26 heavy (non-hydrogen) atoms. The van der Waals surface area contributed by atoms with Gasteiger partial charge in [0.1, 0.15) is 5.92 Å². The van der Waals surface area contributed by atoms with Gasteiger partial charge in [0.15, 0.2) is 5.78 Å². The molecule has 0 amide bonds. The second kappa shape index (κ2) is 7.69. The lowest BCUT2D eigenvalue weighted by Gasteiger charge is -2.30. The van der Waals surface area contributed by atoms with Crippen LogP contribution in [0.4, 0.5) is 0 Å². The molecule has 2 atom stereocenters. The van der Waals surface area contributed by atoms with Crippen LogP contribution in [0, 0.1) is 19.8 Å². The van der Waals surface area contributed by atoms with Gasteiger partial charge in [-0.3, -0.25) is 9.59 Å². The summed E-state index contributed by atoms with van der Waals surface area (Å²) in [4.78, 5) is 25.4. The molecule has 0 N–H and O–H groups in total. The van der Waals surface area contributed by atoms with Crippen LogP contribution in [0.25, 0.3) is 5.57 Å². The molecule has 134 valence electrons. The third-order valence-electron chi connectivity index (χ3n) is 4.98. The fraction of sp³-hybridized carbons (Fsp3) is 0.304. The molecule has 1 aliphatic carbocycles. The molecule has 0 unspecified atom stereocenters. The highest BCUT2D eigenvalue weighted by Crippen LogP contribution is 2.41. The molecule has 1 aliphatic rings. The summed E-state index contributed by atoms with van der Waals surface area (Å²) in [5.74, 6) is -1.57. The zero-order valence-electron chi connectivity index (χ0n) is 15.5. The number of allylic oxidation sites excluding steroid dienone is 2. The fourth-order valence-corrected chi connectivity index (χ4v) is 3.72. The molecule has 0 saturated heterocycles. The first-order chi connectivity index (χ1) is 12.5. The molecule has 0 saturated carbocycles. The van der Waals surface area contributed by atoms with Crippen LogP contribution in [0.3, 0.4) is 0 Å². The lowest BCUT2D eigenvalue weighted by atomic mass is 9.72. The summed E-state index contributed by atoms with van der Waals surface area (Å²) in [6, 6.07) is 16.1. The Morgan fingerprint density at radius 2 is 1.88 bits per heavy atom. The van der Waals surface area contributed by atoms with Gasteiger partial charge < -0.3 is 4.74 Å². The number of carbonyl (C=O) groups is 2. The molecule has 0 aromatic heterocycles. The fourth-order valence-electron chi connectivity index (χ4n) is 3.72. The minimum absolute atomic E-state index is 0.167. The van der Waals surface area contributed by atoms with E-state index in [0.29, 0.717) is 6.42 Å². The van der Waals surface area contributed by atoms with Gasteiger partial charge in [-0.2, -0.15) is 0 Å². The van der Waals surface area contributed by atoms with Crippen molar-refractivity contribution in [1.82, 2.24) is 0 Å². The topological polar surface area (TPSA) is 43.4 Å². The Hall–Kier alpha value is -2.68. The van der Waals surface area contributed by atoms with E-state index in [1.165, 1.54) is 0 Å². The van der Waals surface area contributed by atoms with E-state index >= 15 is 0 Å². The first kappa shape index (κ1) is 18.1. The van der Waals surface area contributed by atoms with Crippen LogP contribution in [0.2, 0.25) is 0 Å². The van der Waals surface area contributed by atoms with Crippen molar-refractivity contribution in [1.29, 1.82) is 0 Å². The van der Waals surface area contributed by atoms with E-state index in [1.54, 1.807) is 13.0 Å². The van der Waals surface area contributed by atoms with E-state index in [2.05, 4.69) is 6.07 Å². The zero-order valence-corrected chi connectivity index (χ0v) is 15.5. The summed E-state index contributed by atoms with van der Waals surface area (Å²) in [6.07, 6.45) is 2.27. The Balaban J connectivity index is 2.06. The van der Waals surface area contributed by atoms with E-state index in [1.807, 2.05) is 56.3 Å². The van der Waals surface area contributed by atoms with Crippen molar-refractivity contribution in [2.45, 2.75) is 33.1 Å². The maximum absolute atomic E-state index is 12.9. The van der Waals surface area contributed by atoms with Crippen molar-refractivity contribution in [2.24, 2.45) is 5.92 Å². The van der Waals surface area contributed by atoms with Gasteiger partial charge in [0.05, 0.1) is 6.61 Å². The molecule has 0 heterocycles. The van der Waals surface area contributed by atoms with Crippen molar-refractivity contribution in [3.8, 4) is 0 Å². The number of benzene rings is 2. The van der Waals surface area contributed by atoms with Crippen LogP contribution in [-0.2, 0) is 14.3 Å². The van der Waals surface area contributed by atoms with Gasteiger partial charge in [-0.05, 0) is 55.5 Å². The van der Waals surface area contributed by atoms with Gasteiger partial charge in [-0.1, -0.05) is 54.1 Å². The van der Waals surface area contributed by atoms with Crippen molar-refractivity contribution in [3.05, 3.63) is 76.9 Å². The molecule has 3 rings (SSSR count). The Labute approximate surface area is 154 Å². The van der Waals surface area contributed by atoms with Gasteiger partial charge in [0, 0.05) is 5.92 Å². The average molecular weight is 348 g/mol. The molecule has 3 heteroatoms. The van der Waals surface area contributed by atoms with Crippen LogP contribution in [0.5, 0.6) is 0 Å². The lowest BCUT2D eigenvalue weighted by molar-refractivity contribution is -0.151. The third-order valence-corrected chi connectivity index (χ3v) is 4.98. The Bertz CT molecular complexity index is 863. The summed E-state index contributed by atoms with van der Waals surface area (Å²) < 4.78 is 5.21. The van der Waals surface area contributed by atoms with Gasteiger partial charge in [-0.15, -0.1) is 0 Å². The minimum atomic E-state index is -0.774. The van der Waals surface area contributed by atoms with Crippen LogP contribution in [-0.4, -0.2) is 18.4 Å². The van der Waals surface area contributed by atoms with Gasteiger partial charge >= 0.3 is 5.97 Å². The standard InChI is InChI=1S/C23H24O3/c1-4-26-23(25)22-20(19-11-6-5-9-16(19)3)13-18(14-21(22)24)17-10-7-8-15(2)12-17/h5-12,14,20,22H,4,13H2,1-3H3/t20-,22+/m0/s1. The lowest BCUT2D eigenvalue weighted by Crippen LogP contribution is -2.34. The first-order valence-corrected chi connectivity index (χ1v) is 9.05. The van der Waals surface area contributed by atoms with Crippen molar-refractivity contribution >= 4 is 17.3 Å². The number of esters is 1. The van der Waals surface area contributed by atoms with E-state index in [9.17, 15) is 9.59 Å². The molecule has 0 radical (unpaired) electrons. The molecule has 2 aromatic carbocycles. The second-order valence-corrected chi connectivity index (χ2v) is 6.84. The maximum atomic E-state index is 12.9. The van der Waals surface area contributed by atoms with Gasteiger partial charge in [-0.25, -0.2) is 0 Å². The van der Waals surface area contributed by atoms with E-state index < -0.39 is 11.9 Å². The maximum Gasteiger partial charge on any atom is 0.317 e. The molecule has 3 nitrogen and oxygen atoms in total. The molecule has 0 bridgehead atoms. The van der Waals surface area contributed by atoms with Crippen molar-refractivity contribution in [3.63, 3.8) is 0 Å². The summed E-state index contributed by atoms with van der Waals surface area (Å²) in [7, 11) is 0. The van der Waals surface area contributed by atoms with E-state index in [-0.39, 0.29) is 18.3 Å². The molecule has 2 aromatic rings. The number of ketones is 1. The third kappa shape index (κ3) is 3.62. The van der Waals surface area contributed by atoms with E-state index in [4.69, 9.17) is 4.74 Å². The molecular weight excluding hydrogens is 324 g/mol.